The number of nitrogens with one attached hydrogen (secondary N) is 1. The van der Waals surface area contributed by atoms with Crippen LogP contribution in [-0.2, 0) is 19.0 Å². The van der Waals surface area contributed by atoms with Gasteiger partial charge in [-0.25, -0.2) is 0 Å². The van der Waals surface area contributed by atoms with E-state index in [1.165, 1.54) is 0 Å². The Morgan fingerprint density at radius 1 is 1.00 bits per heavy atom. The van der Waals surface area contributed by atoms with Gasteiger partial charge in [0.1, 0.15) is 48.8 Å². The van der Waals surface area contributed by atoms with Crippen LogP contribution >= 0.6 is 0 Å². The molecule has 0 spiro atoms. The third-order valence-electron chi connectivity index (χ3n) is 4.34. The van der Waals surface area contributed by atoms with E-state index in [0.29, 0.717) is 0 Å². The summed E-state index contributed by atoms with van der Waals surface area (Å²) in [4.78, 5) is 11.5. The van der Waals surface area contributed by atoms with Crippen molar-refractivity contribution in [2.24, 2.45) is 0 Å². The summed E-state index contributed by atoms with van der Waals surface area (Å²) in [5.41, 5.74) is 0. The molecule has 10 atom stereocenters. The average molecular weight is 384 g/mol. The molecule has 0 aromatic heterocycles. The minimum absolute atomic E-state index is 0.685. The van der Waals surface area contributed by atoms with Gasteiger partial charge in [0.2, 0.25) is 5.91 Å². The second-order valence-corrected chi connectivity index (χ2v) is 6.13. The molecule has 0 saturated carbocycles. The highest BCUT2D eigenvalue weighted by Gasteiger charge is 2.50. The minimum Gasteiger partial charge on any atom is -0.394 e. The monoisotopic (exact) mass is 384 g/mol. The van der Waals surface area contributed by atoms with Gasteiger partial charge in [-0.1, -0.05) is 0 Å². The first-order valence-corrected chi connectivity index (χ1v) is 7.92. The minimum atomic E-state index is -1.78. The van der Waals surface area contributed by atoms with Crippen LogP contribution < -0.4 is 5.32 Å². The van der Waals surface area contributed by atoms with Crippen LogP contribution in [0.2, 0.25) is 0 Å². The fourth-order valence-electron chi connectivity index (χ4n) is 2.92. The lowest BCUT2D eigenvalue weighted by Crippen LogP contribution is -2.67. The van der Waals surface area contributed by atoms with Crippen molar-refractivity contribution in [2.45, 2.75) is 68.2 Å². The largest absolute Gasteiger partial charge is 0.394 e. The molecule has 1 amide bonds. The number of hydrogen-bond donors (Lipinski definition) is 8. The summed E-state index contributed by atoms with van der Waals surface area (Å²) in [6.45, 7) is -2.09. The van der Waals surface area contributed by atoms with Gasteiger partial charge >= 0.3 is 0 Å². The Morgan fingerprint density at radius 3 is 2.19 bits per heavy atom. The van der Waals surface area contributed by atoms with Gasteiger partial charge in [0.05, 0.1) is 13.2 Å². The lowest BCUT2D eigenvalue weighted by atomic mass is 9.95. The highest BCUT2D eigenvalue weighted by Crippen LogP contribution is 2.28. The van der Waals surface area contributed by atoms with Crippen molar-refractivity contribution in [3.8, 4) is 0 Å². The molecule has 2 aliphatic rings. The molecular weight excluding hydrogens is 358 g/mol. The second-order valence-electron chi connectivity index (χ2n) is 6.13. The molecule has 0 radical (unpaired) electrons. The van der Waals surface area contributed by atoms with Crippen LogP contribution in [0.1, 0.15) is 8.27 Å². The SMILES string of the molecule is [2H]CC(=O)N[C@H]1C(O)O[C@H](CO)[C@H](O)[C@@H]1O[C@@H]1O[C@H](CO)[C@H](O)[C@H](O)[C@H]1O. The van der Waals surface area contributed by atoms with Crippen LogP contribution in [0, 0.1) is 0 Å². The maximum atomic E-state index is 11.5. The summed E-state index contributed by atoms with van der Waals surface area (Å²) in [6, 6.07) is -1.40. The van der Waals surface area contributed by atoms with E-state index in [1.807, 2.05) is 0 Å². The smallest absolute Gasteiger partial charge is 0.217 e. The Labute approximate surface area is 149 Å². The molecule has 0 aliphatic carbocycles. The van der Waals surface area contributed by atoms with Crippen LogP contribution in [0.3, 0.4) is 0 Å². The Bertz CT molecular complexity index is 498. The summed E-state index contributed by atoms with van der Waals surface area (Å²) >= 11 is 0. The van der Waals surface area contributed by atoms with Crippen molar-refractivity contribution in [2.75, 3.05) is 13.2 Å². The van der Waals surface area contributed by atoms with E-state index < -0.39 is 87.4 Å². The molecule has 0 aromatic carbocycles. The molecule has 152 valence electrons. The van der Waals surface area contributed by atoms with Crippen molar-refractivity contribution in [1.82, 2.24) is 5.32 Å². The first-order chi connectivity index (χ1) is 12.7. The molecule has 0 aromatic rings. The molecular formula is C14H25NO11. The number of ether oxygens (including phenoxy) is 3. The van der Waals surface area contributed by atoms with Gasteiger partial charge in [-0.3, -0.25) is 4.79 Å². The van der Waals surface area contributed by atoms with Gasteiger partial charge in [-0.15, -0.1) is 0 Å². The topological polar surface area (TPSA) is 198 Å². The predicted octanol–water partition coefficient (Wildman–Crippen LogP) is -5.25. The molecule has 2 fully saturated rings. The standard InChI is InChI=1S/C14H25NO11/c1-4(18)15-7-12(9(20)6(3-17)24-13(7)23)26-14-11(22)10(21)8(19)5(2-16)25-14/h5-14,16-17,19-23H,2-3H2,1H3,(H,15,18)/t5-,6-,7-,8+,9+,10+,11-,12-,13?,14+/m1/s1/i1D. The average Bonchev–Trinajstić information content (AvgIpc) is 2.66. The Balaban J connectivity index is 2.22. The molecule has 2 aliphatic heterocycles. The number of rotatable bonds is 5. The van der Waals surface area contributed by atoms with Crippen molar-refractivity contribution < 1.29 is 56.1 Å². The fourth-order valence-corrected chi connectivity index (χ4v) is 2.92. The maximum absolute atomic E-state index is 11.5. The van der Waals surface area contributed by atoms with Gasteiger partial charge < -0.3 is 55.3 Å². The number of amides is 1. The highest BCUT2D eigenvalue weighted by atomic mass is 16.7. The zero-order valence-electron chi connectivity index (χ0n) is 14.7. The predicted molar refractivity (Wildman–Crippen MR) is 80.2 cm³/mol. The van der Waals surface area contributed by atoms with Crippen LogP contribution in [0.15, 0.2) is 0 Å². The Kier molecular flexibility index (Phi) is 6.74. The summed E-state index contributed by atoms with van der Waals surface area (Å²) < 4.78 is 22.7. The van der Waals surface area contributed by atoms with E-state index in [0.717, 1.165) is 0 Å². The van der Waals surface area contributed by atoms with E-state index in [-0.39, 0.29) is 0 Å². The number of hydrogen-bond acceptors (Lipinski definition) is 11. The van der Waals surface area contributed by atoms with E-state index in [9.17, 15) is 40.5 Å². The van der Waals surface area contributed by atoms with Gasteiger partial charge in [-0.2, -0.15) is 0 Å². The number of aliphatic hydroxyl groups excluding tert-OH is 7. The third kappa shape index (κ3) is 4.31. The van der Waals surface area contributed by atoms with Gasteiger partial charge in [-0.05, 0) is 0 Å². The highest BCUT2D eigenvalue weighted by molar-refractivity contribution is 5.73. The molecule has 26 heavy (non-hydrogen) atoms. The lowest BCUT2D eigenvalue weighted by molar-refractivity contribution is -0.341. The van der Waals surface area contributed by atoms with E-state index >= 15 is 0 Å². The third-order valence-corrected chi connectivity index (χ3v) is 4.34. The van der Waals surface area contributed by atoms with Crippen LogP contribution in [0.25, 0.3) is 0 Å². The summed E-state index contributed by atoms with van der Waals surface area (Å²) in [6.07, 6.45) is -14.2. The molecule has 12 nitrogen and oxygen atoms in total. The summed E-state index contributed by atoms with van der Waals surface area (Å²) in [7, 11) is 0. The van der Waals surface area contributed by atoms with Crippen molar-refractivity contribution in [3.05, 3.63) is 0 Å². The van der Waals surface area contributed by atoms with Gasteiger partial charge in [0.25, 0.3) is 0 Å². The number of aliphatic hydroxyl groups is 7. The van der Waals surface area contributed by atoms with Crippen molar-refractivity contribution in [1.29, 1.82) is 0 Å². The van der Waals surface area contributed by atoms with Gasteiger partial charge in [0, 0.05) is 8.27 Å². The molecule has 2 saturated heterocycles. The zero-order chi connectivity index (χ0) is 20.3. The normalized spacial score (nSPS) is 47.3. The lowest BCUT2D eigenvalue weighted by Gasteiger charge is -2.46. The first-order valence-electron chi connectivity index (χ1n) is 8.62. The van der Waals surface area contributed by atoms with Gasteiger partial charge in [0.15, 0.2) is 12.6 Å². The molecule has 2 rings (SSSR count). The second kappa shape index (κ2) is 8.84. The molecule has 2 heterocycles. The molecule has 8 N–H and O–H groups in total. The van der Waals surface area contributed by atoms with E-state index in [4.69, 9.17) is 15.6 Å². The maximum Gasteiger partial charge on any atom is 0.217 e. The Morgan fingerprint density at radius 2 is 1.62 bits per heavy atom. The van der Waals surface area contributed by atoms with Crippen LogP contribution in [-0.4, -0.2) is 116 Å². The molecule has 1 unspecified atom stereocenters. The summed E-state index contributed by atoms with van der Waals surface area (Å²) in [5, 5.41) is 70.8. The first kappa shape index (κ1) is 19.8. The summed E-state index contributed by atoms with van der Waals surface area (Å²) in [5.74, 6) is -0.820. The van der Waals surface area contributed by atoms with E-state index in [2.05, 4.69) is 5.32 Å². The number of carbonyl (C=O) groups is 1. The fraction of sp³-hybridized carbons (Fsp3) is 0.929. The van der Waals surface area contributed by atoms with Crippen molar-refractivity contribution >= 4 is 5.91 Å². The zero-order valence-corrected chi connectivity index (χ0v) is 13.7. The van der Waals surface area contributed by atoms with Crippen molar-refractivity contribution in [3.63, 3.8) is 0 Å². The molecule has 0 bridgehead atoms. The Hall–Kier alpha value is -0.930. The molecule has 12 heteroatoms. The van der Waals surface area contributed by atoms with E-state index in [1.54, 1.807) is 0 Å². The quantitative estimate of drug-likeness (QED) is 0.225. The van der Waals surface area contributed by atoms with Crippen LogP contribution in [0.4, 0.5) is 0 Å². The van der Waals surface area contributed by atoms with Crippen LogP contribution in [0.5, 0.6) is 0 Å². The number of carbonyl (C=O) groups excluding carboxylic acids is 1.